The lowest BCUT2D eigenvalue weighted by Gasteiger charge is -2.11. The molecule has 0 aliphatic rings. The van der Waals surface area contributed by atoms with Crippen molar-refractivity contribution in [2.24, 2.45) is 0 Å². The summed E-state index contributed by atoms with van der Waals surface area (Å²) < 4.78 is 30.1. The number of aryl methyl sites for hydroxylation is 2. The summed E-state index contributed by atoms with van der Waals surface area (Å²) in [7, 11) is 0. The normalized spacial score (nSPS) is 11.1. The van der Waals surface area contributed by atoms with E-state index in [1.807, 2.05) is 0 Å². The second-order valence-corrected chi connectivity index (χ2v) is 6.94. The van der Waals surface area contributed by atoms with E-state index in [1.165, 1.54) is 15.3 Å². The molecule has 2 nitrogen and oxygen atoms in total. The van der Waals surface area contributed by atoms with Gasteiger partial charge in [-0.05, 0) is 43.7 Å². The molecular formula is C15H16BrF2NOS. The molecule has 6 heteroatoms. The molecule has 0 spiro atoms. The van der Waals surface area contributed by atoms with Crippen LogP contribution in [0.15, 0.2) is 28.7 Å². The van der Waals surface area contributed by atoms with Crippen LogP contribution in [0.25, 0.3) is 0 Å². The number of hydrogen-bond donors (Lipinski definition) is 1. The van der Waals surface area contributed by atoms with Crippen LogP contribution in [0.3, 0.4) is 0 Å². The van der Waals surface area contributed by atoms with E-state index in [0.29, 0.717) is 18.7 Å². The van der Waals surface area contributed by atoms with E-state index in [9.17, 15) is 8.78 Å². The summed E-state index contributed by atoms with van der Waals surface area (Å²) in [6.07, 6.45) is 0. The molecule has 1 N–H and O–H groups in total. The van der Waals surface area contributed by atoms with E-state index >= 15 is 0 Å². The number of ether oxygens (including phenoxy) is 1. The van der Waals surface area contributed by atoms with E-state index in [-0.39, 0.29) is 5.75 Å². The number of hydrogen-bond acceptors (Lipinski definition) is 3. The van der Waals surface area contributed by atoms with E-state index in [1.54, 1.807) is 29.5 Å². The summed E-state index contributed by atoms with van der Waals surface area (Å²) >= 11 is 5.09. The van der Waals surface area contributed by atoms with Crippen LogP contribution >= 0.6 is 27.3 Å². The summed E-state index contributed by atoms with van der Waals surface area (Å²) in [6.45, 7) is 2.54. The van der Waals surface area contributed by atoms with Crippen LogP contribution in [-0.4, -0.2) is 6.61 Å². The predicted molar refractivity (Wildman–Crippen MR) is 85.1 cm³/mol. The van der Waals surface area contributed by atoms with Gasteiger partial charge in [0.25, 0.3) is 0 Å². The summed E-state index contributed by atoms with van der Waals surface area (Å²) in [4.78, 5) is 2.53. The van der Waals surface area contributed by atoms with Gasteiger partial charge in [-0.2, -0.15) is 8.78 Å². The van der Waals surface area contributed by atoms with Crippen LogP contribution in [0.5, 0.6) is 5.75 Å². The molecule has 21 heavy (non-hydrogen) atoms. The topological polar surface area (TPSA) is 21.3 Å². The molecule has 0 aliphatic heterocycles. The maximum atomic E-state index is 12.4. The Bertz CT molecular complexity index is 596. The number of benzene rings is 1. The van der Waals surface area contributed by atoms with Gasteiger partial charge in [-0.3, -0.25) is 0 Å². The lowest BCUT2D eigenvalue weighted by Crippen LogP contribution is -2.14. The molecule has 0 bridgehead atoms. The molecule has 0 unspecified atom stereocenters. The fourth-order valence-corrected chi connectivity index (χ4v) is 3.39. The van der Waals surface area contributed by atoms with E-state index in [2.05, 4.69) is 45.9 Å². The molecule has 2 aromatic rings. The Morgan fingerprint density at radius 1 is 1.24 bits per heavy atom. The molecule has 0 saturated heterocycles. The van der Waals surface area contributed by atoms with Crippen LogP contribution in [0.4, 0.5) is 8.78 Å². The van der Waals surface area contributed by atoms with Crippen LogP contribution in [-0.2, 0) is 13.1 Å². The lowest BCUT2D eigenvalue weighted by atomic mass is 10.2. The molecule has 1 aromatic carbocycles. The van der Waals surface area contributed by atoms with Crippen molar-refractivity contribution >= 4 is 27.3 Å². The van der Waals surface area contributed by atoms with Gasteiger partial charge >= 0.3 is 6.61 Å². The predicted octanol–water partition coefficient (Wildman–Crippen LogP) is 5.02. The molecule has 0 atom stereocenters. The highest BCUT2D eigenvalue weighted by Crippen LogP contribution is 2.25. The van der Waals surface area contributed by atoms with Gasteiger partial charge in [-0.15, -0.1) is 11.3 Å². The van der Waals surface area contributed by atoms with Gasteiger partial charge in [0.15, 0.2) is 0 Å². The SMILES string of the molecule is Cc1cc(CNCc2cc(Br)ccc2OC(F)F)sc1C. The Morgan fingerprint density at radius 3 is 2.62 bits per heavy atom. The van der Waals surface area contributed by atoms with Gasteiger partial charge < -0.3 is 10.1 Å². The Kier molecular flexibility index (Phi) is 5.72. The van der Waals surface area contributed by atoms with Crippen LogP contribution in [0.2, 0.25) is 0 Å². The number of alkyl halides is 2. The average molecular weight is 376 g/mol. The summed E-state index contributed by atoms with van der Waals surface area (Å²) in [5, 5.41) is 3.26. The zero-order chi connectivity index (χ0) is 15.4. The first kappa shape index (κ1) is 16.4. The quantitative estimate of drug-likeness (QED) is 0.765. The molecule has 2 rings (SSSR count). The van der Waals surface area contributed by atoms with Crippen molar-refractivity contribution in [1.82, 2.24) is 5.32 Å². The Morgan fingerprint density at radius 2 is 2.00 bits per heavy atom. The molecule has 1 aromatic heterocycles. The van der Waals surface area contributed by atoms with Crippen LogP contribution in [0.1, 0.15) is 20.9 Å². The maximum Gasteiger partial charge on any atom is 0.387 e. The van der Waals surface area contributed by atoms with Crippen molar-refractivity contribution < 1.29 is 13.5 Å². The minimum Gasteiger partial charge on any atom is -0.434 e. The van der Waals surface area contributed by atoms with Gasteiger partial charge in [-0.1, -0.05) is 15.9 Å². The van der Waals surface area contributed by atoms with Crippen molar-refractivity contribution in [1.29, 1.82) is 0 Å². The largest absolute Gasteiger partial charge is 0.434 e. The average Bonchev–Trinajstić information content (AvgIpc) is 2.71. The summed E-state index contributed by atoms with van der Waals surface area (Å²) in [5.74, 6) is 0.208. The second-order valence-electron chi connectivity index (χ2n) is 4.69. The number of thiophene rings is 1. The molecule has 114 valence electrons. The fourth-order valence-electron chi connectivity index (χ4n) is 1.95. The monoisotopic (exact) mass is 375 g/mol. The molecule has 1 heterocycles. The standard InChI is InChI=1S/C15H16BrF2NOS/c1-9-5-13(21-10(9)2)8-19-7-11-6-12(16)3-4-14(11)20-15(17)18/h3-6,15,19H,7-8H2,1-2H3. The highest BCUT2D eigenvalue weighted by atomic mass is 79.9. The fraction of sp³-hybridized carbons (Fsp3) is 0.333. The molecule has 0 fully saturated rings. The minimum absolute atomic E-state index is 0.208. The van der Waals surface area contributed by atoms with E-state index in [4.69, 9.17) is 0 Å². The van der Waals surface area contributed by atoms with E-state index in [0.717, 1.165) is 4.47 Å². The second kappa shape index (κ2) is 7.33. The van der Waals surface area contributed by atoms with Crippen molar-refractivity contribution in [3.05, 3.63) is 49.6 Å². The van der Waals surface area contributed by atoms with Crippen molar-refractivity contribution in [3.8, 4) is 5.75 Å². The molecule has 0 aliphatic carbocycles. The van der Waals surface area contributed by atoms with Gasteiger partial charge in [0.1, 0.15) is 5.75 Å². The molecule has 0 amide bonds. The minimum atomic E-state index is -2.81. The van der Waals surface area contributed by atoms with E-state index < -0.39 is 6.61 Å². The zero-order valence-electron chi connectivity index (χ0n) is 11.8. The highest BCUT2D eigenvalue weighted by molar-refractivity contribution is 9.10. The van der Waals surface area contributed by atoms with Gasteiger partial charge in [0.05, 0.1) is 0 Å². The molecule has 0 radical (unpaired) electrons. The van der Waals surface area contributed by atoms with Gasteiger partial charge in [0.2, 0.25) is 0 Å². The van der Waals surface area contributed by atoms with Gasteiger partial charge in [0, 0.05) is 32.9 Å². The van der Waals surface area contributed by atoms with Crippen molar-refractivity contribution in [2.45, 2.75) is 33.5 Å². The summed E-state index contributed by atoms with van der Waals surface area (Å²) in [6, 6.07) is 7.17. The number of halogens is 3. The third-order valence-electron chi connectivity index (χ3n) is 3.07. The lowest BCUT2D eigenvalue weighted by molar-refractivity contribution is -0.0505. The smallest absolute Gasteiger partial charge is 0.387 e. The first-order valence-corrected chi connectivity index (χ1v) is 8.06. The first-order chi connectivity index (χ1) is 9.95. The summed E-state index contributed by atoms with van der Waals surface area (Å²) in [5.41, 5.74) is 1.98. The highest BCUT2D eigenvalue weighted by Gasteiger charge is 2.10. The Labute approximate surface area is 135 Å². The maximum absolute atomic E-state index is 12.4. The Hall–Kier alpha value is -0.980. The van der Waals surface area contributed by atoms with Crippen molar-refractivity contribution in [2.75, 3.05) is 0 Å². The van der Waals surface area contributed by atoms with Crippen LogP contribution in [0, 0.1) is 13.8 Å². The van der Waals surface area contributed by atoms with Crippen molar-refractivity contribution in [3.63, 3.8) is 0 Å². The third-order valence-corrected chi connectivity index (χ3v) is 4.72. The van der Waals surface area contributed by atoms with Gasteiger partial charge in [-0.25, -0.2) is 0 Å². The molecule has 0 saturated carbocycles. The number of nitrogens with one attached hydrogen (secondary N) is 1. The number of rotatable bonds is 6. The first-order valence-electron chi connectivity index (χ1n) is 6.45. The Balaban J connectivity index is 2.00. The van der Waals surface area contributed by atoms with Crippen LogP contribution < -0.4 is 10.1 Å². The zero-order valence-corrected chi connectivity index (χ0v) is 14.2. The molecular weight excluding hydrogens is 360 g/mol. The third kappa shape index (κ3) is 4.76.